The molecule has 0 fully saturated rings. The minimum absolute atomic E-state index is 0.112. The summed E-state index contributed by atoms with van der Waals surface area (Å²) in [6.07, 6.45) is 1.23. The maximum atomic E-state index is 10.4. The van der Waals surface area contributed by atoms with Gasteiger partial charge in [0.1, 0.15) is 6.29 Å². The van der Waals surface area contributed by atoms with Gasteiger partial charge in [-0.25, -0.2) is 0 Å². The first kappa shape index (κ1) is 13.5. The lowest BCUT2D eigenvalue weighted by atomic mass is 9.94. The van der Waals surface area contributed by atoms with E-state index in [1.54, 1.807) is 33.3 Å². The van der Waals surface area contributed by atoms with Gasteiger partial charge in [-0.2, -0.15) is 0 Å². The third-order valence-corrected chi connectivity index (χ3v) is 2.56. The van der Waals surface area contributed by atoms with E-state index in [4.69, 9.17) is 9.47 Å². The number of aldehydes is 1. The number of ether oxygens (including phenoxy) is 2. The largest absolute Gasteiger partial charge is 0.493 e. The molecule has 0 aromatic heterocycles. The van der Waals surface area contributed by atoms with E-state index in [0.29, 0.717) is 17.9 Å². The lowest BCUT2D eigenvalue weighted by molar-refractivity contribution is -0.111. The number of carbonyl (C=O) groups excluding carboxylic acids is 1. The molecule has 1 aromatic rings. The molecule has 1 unspecified atom stereocenters. The third-order valence-electron chi connectivity index (χ3n) is 2.56. The number of rotatable bonds is 6. The Balaban J connectivity index is 2.89. The molecule has 0 saturated carbocycles. The average Bonchev–Trinajstić information content (AvgIpc) is 2.28. The summed E-state index contributed by atoms with van der Waals surface area (Å²) < 4.78 is 10.3. The average molecular weight is 238 g/mol. The first-order valence-corrected chi connectivity index (χ1v) is 5.39. The summed E-state index contributed by atoms with van der Waals surface area (Å²) in [6.45, 7) is 1.64. The molecule has 1 atom stereocenters. The number of hydrogen-bond donors (Lipinski definition) is 1. The molecule has 0 radical (unpaired) electrons. The standard InChI is InChI=1S/C13H18O4/c1-13(15,6-7-14)9-10-4-5-11(16-2)12(8-10)17-3/h4-5,7-8,15H,6,9H2,1-3H3. The molecule has 0 heterocycles. The molecule has 1 aromatic carbocycles. The zero-order valence-electron chi connectivity index (χ0n) is 10.4. The Hall–Kier alpha value is -1.55. The Bertz CT molecular complexity index is 385. The Kier molecular flexibility index (Phi) is 4.52. The molecule has 17 heavy (non-hydrogen) atoms. The molecule has 94 valence electrons. The van der Waals surface area contributed by atoms with Gasteiger partial charge in [-0.3, -0.25) is 0 Å². The Morgan fingerprint density at radius 2 is 1.94 bits per heavy atom. The fourth-order valence-electron chi connectivity index (χ4n) is 1.68. The normalized spacial score (nSPS) is 13.9. The number of carbonyl (C=O) groups is 1. The highest BCUT2D eigenvalue weighted by Crippen LogP contribution is 2.29. The second-order valence-electron chi connectivity index (χ2n) is 4.23. The smallest absolute Gasteiger partial charge is 0.160 e. The van der Waals surface area contributed by atoms with Crippen molar-refractivity contribution in [2.75, 3.05) is 14.2 Å². The van der Waals surface area contributed by atoms with E-state index in [1.165, 1.54) is 0 Å². The fourth-order valence-corrected chi connectivity index (χ4v) is 1.68. The maximum Gasteiger partial charge on any atom is 0.160 e. The van der Waals surface area contributed by atoms with Crippen LogP contribution in [0.25, 0.3) is 0 Å². The molecular formula is C13H18O4. The topological polar surface area (TPSA) is 55.8 Å². The summed E-state index contributed by atoms with van der Waals surface area (Å²) in [5.41, 5.74) is -0.129. The lowest BCUT2D eigenvalue weighted by Gasteiger charge is -2.21. The minimum atomic E-state index is -1.03. The Morgan fingerprint density at radius 1 is 1.29 bits per heavy atom. The summed E-state index contributed by atoms with van der Waals surface area (Å²) in [6, 6.07) is 5.43. The van der Waals surface area contributed by atoms with Crippen molar-refractivity contribution in [3.05, 3.63) is 23.8 Å². The van der Waals surface area contributed by atoms with Gasteiger partial charge in [0.15, 0.2) is 11.5 Å². The molecule has 1 rings (SSSR count). The summed E-state index contributed by atoms with van der Waals surface area (Å²) in [5, 5.41) is 9.95. The van der Waals surface area contributed by atoms with Crippen LogP contribution in [0.15, 0.2) is 18.2 Å². The minimum Gasteiger partial charge on any atom is -0.493 e. The molecular weight excluding hydrogens is 220 g/mol. The van der Waals surface area contributed by atoms with Gasteiger partial charge in [0, 0.05) is 12.8 Å². The number of benzene rings is 1. The predicted octanol–water partition coefficient (Wildman–Crippen LogP) is 1.59. The van der Waals surface area contributed by atoms with Gasteiger partial charge in [0.2, 0.25) is 0 Å². The first-order valence-electron chi connectivity index (χ1n) is 5.39. The molecule has 0 aliphatic carbocycles. The molecule has 4 nitrogen and oxygen atoms in total. The lowest BCUT2D eigenvalue weighted by Crippen LogP contribution is -2.27. The van der Waals surface area contributed by atoms with Crippen molar-refractivity contribution < 1.29 is 19.4 Å². The quantitative estimate of drug-likeness (QED) is 0.765. The van der Waals surface area contributed by atoms with E-state index in [9.17, 15) is 9.90 Å². The van der Waals surface area contributed by atoms with Crippen LogP contribution in [0.2, 0.25) is 0 Å². The SMILES string of the molecule is COc1ccc(CC(C)(O)CC=O)cc1OC. The molecule has 0 amide bonds. The second-order valence-corrected chi connectivity index (χ2v) is 4.23. The van der Waals surface area contributed by atoms with Gasteiger partial charge in [0.05, 0.1) is 19.8 Å². The maximum absolute atomic E-state index is 10.4. The number of hydrogen-bond acceptors (Lipinski definition) is 4. The van der Waals surface area contributed by atoms with Crippen molar-refractivity contribution in [2.24, 2.45) is 0 Å². The van der Waals surface area contributed by atoms with Crippen molar-refractivity contribution >= 4 is 6.29 Å². The van der Waals surface area contributed by atoms with Crippen LogP contribution in [-0.4, -0.2) is 31.2 Å². The zero-order valence-corrected chi connectivity index (χ0v) is 10.4. The van der Waals surface area contributed by atoms with Crippen LogP contribution in [0.5, 0.6) is 11.5 Å². The number of methoxy groups -OCH3 is 2. The fraction of sp³-hybridized carbons (Fsp3) is 0.462. The van der Waals surface area contributed by atoms with E-state index >= 15 is 0 Å². The highest BCUT2D eigenvalue weighted by molar-refractivity contribution is 5.51. The summed E-state index contributed by atoms with van der Waals surface area (Å²) in [4.78, 5) is 10.4. The van der Waals surface area contributed by atoms with Gasteiger partial charge < -0.3 is 19.4 Å². The van der Waals surface area contributed by atoms with E-state index < -0.39 is 5.60 Å². The summed E-state index contributed by atoms with van der Waals surface area (Å²) in [5.74, 6) is 1.26. The van der Waals surface area contributed by atoms with Crippen LogP contribution in [0.4, 0.5) is 0 Å². The van der Waals surface area contributed by atoms with Crippen LogP contribution in [0, 0.1) is 0 Å². The monoisotopic (exact) mass is 238 g/mol. The van der Waals surface area contributed by atoms with E-state index in [0.717, 1.165) is 11.8 Å². The van der Waals surface area contributed by atoms with Crippen LogP contribution >= 0.6 is 0 Å². The first-order chi connectivity index (χ1) is 8.02. The third kappa shape index (κ3) is 3.75. The molecule has 0 spiro atoms. The van der Waals surface area contributed by atoms with Crippen molar-refractivity contribution in [3.8, 4) is 11.5 Å². The van der Waals surface area contributed by atoms with Crippen LogP contribution in [-0.2, 0) is 11.2 Å². The van der Waals surface area contributed by atoms with Crippen LogP contribution < -0.4 is 9.47 Å². The molecule has 0 aliphatic heterocycles. The molecule has 1 N–H and O–H groups in total. The van der Waals surface area contributed by atoms with Crippen LogP contribution in [0.3, 0.4) is 0 Å². The van der Waals surface area contributed by atoms with E-state index in [-0.39, 0.29) is 6.42 Å². The molecule has 0 aliphatic rings. The molecule has 0 saturated heterocycles. The van der Waals surface area contributed by atoms with Crippen molar-refractivity contribution in [2.45, 2.75) is 25.4 Å². The Morgan fingerprint density at radius 3 is 2.47 bits per heavy atom. The van der Waals surface area contributed by atoms with Gasteiger partial charge in [-0.15, -0.1) is 0 Å². The molecule has 4 heteroatoms. The van der Waals surface area contributed by atoms with Gasteiger partial charge in [-0.1, -0.05) is 6.07 Å². The number of aliphatic hydroxyl groups is 1. The zero-order chi connectivity index (χ0) is 12.9. The van der Waals surface area contributed by atoms with Crippen molar-refractivity contribution in [1.82, 2.24) is 0 Å². The van der Waals surface area contributed by atoms with Gasteiger partial charge >= 0.3 is 0 Å². The highest BCUT2D eigenvalue weighted by atomic mass is 16.5. The summed E-state index contributed by atoms with van der Waals surface area (Å²) in [7, 11) is 3.13. The predicted molar refractivity (Wildman–Crippen MR) is 64.6 cm³/mol. The summed E-state index contributed by atoms with van der Waals surface area (Å²) >= 11 is 0. The van der Waals surface area contributed by atoms with Crippen molar-refractivity contribution in [3.63, 3.8) is 0 Å². The van der Waals surface area contributed by atoms with Gasteiger partial charge in [0.25, 0.3) is 0 Å². The second kappa shape index (κ2) is 5.68. The van der Waals surface area contributed by atoms with Gasteiger partial charge in [-0.05, 0) is 24.6 Å². The van der Waals surface area contributed by atoms with E-state index in [2.05, 4.69) is 0 Å². The Labute approximate surface area is 101 Å². The highest BCUT2D eigenvalue weighted by Gasteiger charge is 2.21. The van der Waals surface area contributed by atoms with Crippen LogP contribution in [0.1, 0.15) is 18.9 Å². The molecule has 0 bridgehead atoms. The van der Waals surface area contributed by atoms with Crippen molar-refractivity contribution in [1.29, 1.82) is 0 Å². The van der Waals surface area contributed by atoms with E-state index in [1.807, 2.05) is 6.07 Å².